The number of esters is 1. The zero-order chi connectivity index (χ0) is 11.5. The van der Waals surface area contributed by atoms with Crippen LogP contribution in [0.5, 0.6) is 0 Å². The summed E-state index contributed by atoms with van der Waals surface area (Å²) < 4.78 is 4.80. The summed E-state index contributed by atoms with van der Waals surface area (Å²) in [7, 11) is 1.43. The number of nitrogens with one attached hydrogen (secondary N) is 1. The largest absolute Gasteiger partial charge is 0.469 e. The summed E-state index contributed by atoms with van der Waals surface area (Å²) in [5.74, 6) is -0.0548. The summed E-state index contributed by atoms with van der Waals surface area (Å²) in [4.78, 5) is 11.6. The number of hydrogen-bond acceptors (Lipinski definition) is 3. The van der Waals surface area contributed by atoms with Gasteiger partial charge in [-0.15, -0.1) is 0 Å². The van der Waals surface area contributed by atoms with Crippen molar-refractivity contribution in [2.45, 2.75) is 5.92 Å². The van der Waals surface area contributed by atoms with Crippen LogP contribution in [0.4, 0.5) is 0 Å². The maximum atomic E-state index is 11.6. The van der Waals surface area contributed by atoms with Gasteiger partial charge in [0.2, 0.25) is 0 Å². The van der Waals surface area contributed by atoms with E-state index in [-0.39, 0.29) is 17.8 Å². The summed E-state index contributed by atoms with van der Waals surface area (Å²) in [6.45, 7) is 1.49. The lowest BCUT2D eigenvalue weighted by Gasteiger charge is -2.16. The third-order valence-electron chi connectivity index (χ3n) is 3.02. The van der Waals surface area contributed by atoms with Gasteiger partial charge in [-0.1, -0.05) is 23.7 Å². The smallest absolute Gasteiger partial charge is 0.310 e. The highest BCUT2D eigenvalue weighted by Crippen LogP contribution is 2.29. The first-order valence-electron chi connectivity index (χ1n) is 5.26. The topological polar surface area (TPSA) is 38.3 Å². The molecule has 0 unspecified atom stereocenters. The van der Waals surface area contributed by atoms with Crippen molar-refractivity contribution < 1.29 is 9.53 Å². The van der Waals surface area contributed by atoms with Gasteiger partial charge in [0, 0.05) is 24.0 Å². The first kappa shape index (κ1) is 11.4. The van der Waals surface area contributed by atoms with E-state index >= 15 is 0 Å². The van der Waals surface area contributed by atoms with Crippen LogP contribution in [0.15, 0.2) is 24.3 Å². The normalized spacial score (nSPS) is 24.4. The summed E-state index contributed by atoms with van der Waals surface area (Å²) in [6.07, 6.45) is 0. The highest BCUT2D eigenvalue weighted by Gasteiger charge is 2.34. The Hall–Kier alpha value is -1.06. The third-order valence-corrected chi connectivity index (χ3v) is 3.27. The molecule has 86 valence electrons. The first-order chi connectivity index (χ1) is 7.72. The molecule has 2 atom stereocenters. The van der Waals surface area contributed by atoms with Crippen molar-refractivity contribution in [1.82, 2.24) is 5.32 Å². The van der Waals surface area contributed by atoms with Crippen molar-refractivity contribution in [3.63, 3.8) is 0 Å². The average Bonchev–Trinajstić information content (AvgIpc) is 2.78. The molecule has 1 aliphatic rings. The van der Waals surface area contributed by atoms with Crippen molar-refractivity contribution >= 4 is 17.6 Å². The fourth-order valence-corrected chi connectivity index (χ4v) is 2.26. The highest BCUT2D eigenvalue weighted by molar-refractivity contribution is 6.30. The van der Waals surface area contributed by atoms with E-state index in [0.29, 0.717) is 11.6 Å². The molecule has 1 saturated heterocycles. The molecule has 2 rings (SSSR count). The third kappa shape index (κ3) is 2.20. The molecule has 1 N–H and O–H groups in total. The van der Waals surface area contributed by atoms with Gasteiger partial charge in [-0.2, -0.15) is 0 Å². The molecule has 0 saturated carbocycles. The summed E-state index contributed by atoms with van der Waals surface area (Å²) in [5, 5.41) is 3.93. The van der Waals surface area contributed by atoms with Crippen molar-refractivity contribution in [2.75, 3.05) is 20.2 Å². The van der Waals surface area contributed by atoms with Gasteiger partial charge < -0.3 is 10.1 Å². The van der Waals surface area contributed by atoms with Crippen LogP contribution < -0.4 is 5.32 Å². The van der Waals surface area contributed by atoms with Crippen LogP contribution in [0, 0.1) is 5.92 Å². The molecular formula is C12H14ClNO2. The monoisotopic (exact) mass is 239 g/mol. The van der Waals surface area contributed by atoms with E-state index in [0.717, 1.165) is 12.1 Å². The van der Waals surface area contributed by atoms with Crippen molar-refractivity contribution in [3.8, 4) is 0 Å². The van der Waals surface area contributed by atoms with Crippen LogP contribution in [-0.2, 0) is 9.53 Å². The van der Waals surface area contributed by atoms with Gasteiger partial charge in [0.1, 0.15) is 0 Å². The minimum Gasteiger partial charge on any atom is -0.469 e. The van der Waals surface area contributed by atoms with Crippen molar-refractivity contribution in [3.05, 3.63) is 34.9 Å². The van der Waals surface area contributed by atoms with Gasteiger partial charge in [-0.05, 0) is 17.7 Å². The Morgan fingerprint density at radius 3 is 2.69 bits per heavy atom. The number of benzene rings is 1. The number of carbonyl (C=O) groups is 1. The van der Waals surface area contributed by atoms with E-state index in [2.05, 4.69) is 5.32 Å². The lowest BCUT2D eigenvalue weighted by atomic mass is 9.89. The number of halogens is 1. The summed E-state index contributed by atoms with van der Waals surface area (Å²) in [5.41, 5.74) is 1.13. The second-order valence-electron chi connectivity index (χ2n) is 3.95. The van der Waals surface area contributed by atoms with E-state index in [1.54, 1.807) is 0 Å². The molecule has 3 nitrogen and oxygen atoms in total. The van der Waals surface area contributed by atoms with E-state index in [9.17, 15) is 4.79 Å². The lowest BCUT2D eigenvalue weighted by molar-refractivity contribution is -0.145. The highest BCUT2D eigenvalue weighted by atomic mass is 35.5. The first-order valence-corrected chi connectivity index (χ1v) is 5.64. The van der Waals surface area contributed by atoms with Gasteiger partial charge in [0.25, 0.3) is 0 Å². The standard InChI is InChI=1S/C12H14ClNO2/c1-16-12(15)11-7-14-6-10(11)8-2-4-9(13)5-3-8/h2-5,10-11,14H,6-7H2,1H3/t10-,11+/m1/s1. The van der Waals surface area contributed by atoms with E-state index in [1.807, 2.05) is 24.3 Å². The van der Waals surface area contributed by atoms with Crippen LogP contribution in [0.2, 0.25) is 5.02 Å². The van der Waals surface area contributed by atoms with Gasteiger partial charge in [0.05, 0.1) is 13.0 Å². The Morgan fingerprint density at radius 1 is 1.38 bits per heavy atom. The number of ether oxygens (including phenoxy) is 1. The molecule has 0 spiro atoms. The van der Waals surface area contributed by atoms with Crippen LogP contribution >= 0.6 is 11.6 Å². The molecular weight excluding hydrogens is 226 g/mol. The lowest BCUT2D eigenvalue weighted by Crippen LogP contribution is -2.22. The zero-order valence-corrected chi connectivity index (χ0v) is 9.83. The molecule has 0 bridgehead atoms. The number of carbonyl (C=O) groups excluding carboxylic acids is 1. The molecule has 16 heavy (non-hydrogen) atoms. The number of methoxy groups -OCH3 is 1. The molecule has 0 aromatic heterocycles. The van der Waals surface area contributed by atoms with Gasteiger partial charge in [-0.3, -0.25) is 4.79 Å². The number of hydrogen-bond donors (Lipinski definition) is 1. The fraction of sp³-hybridized carbons (Fsp3) is 0.417. The molecule has 1 aromatic rings. The Labute approximate surface area is 99.7 Å². The van der Waals surface area contributed by atoms with E-state index in [4.69, 9.17) is 16.3 Å². The van der Waals surface area contributed by atoms with Crippen LogP contribution in [0.3, 0.4) is 0 Å². The maximum Gasteiger partial charge on any atom is 0.310 e. The molecule has 4 heteroatoms. The fourth-order valence-electron chi connectivity index (χ4n) is 2.14. The SMILES string of the molecule is COC(=O)[C@H]1CNC[C@@H]1c1ccc(Cl)cc1. The Balaban J connectivity index is 2.19. The predicted octanol–water partition coefficient (Wildman–Crippen LogP) is 1.82. The number of rotatable bonds is 2. The Morgan fingerprint density at radius 2 is 2.06 bits per heavy atom. The minimum absolute atomic E-state index is 0.0915. The Bertz CT molecular complexity index is 377. The molecule has 0 amide bonds. The quantitative estimate of drug-likeness (QED) is 0.800. The van der Waals surface area contributed by atoms with Crippen LogP contribution in [0.25, 0.3) is 0 Å². The van der Waals surface area contributed by atoms with Gasteiger partial charge >= 0.3 is 5.97 Å². The molecule has 1 heterocycles. The van der Waals surface area contributed by atoms with E-state index in [1.165, 1.54) is 7.11 Å². The molecule has 0 radical (unpaired) electrons. The van der Waals surface area contributed by atoms with Crippen molar-refractivity contribution in [2.24, 2.45) is 5.92 Å². The molecule has 1 aliphatic heterocycles. The Kier molecular flexibility index (Phi) is 3.46. The van der Waals surface area contributed by atoms with Gasteiger partial charge in [-0.25, -0.2) is 0 Å². The maximum absolute atomic E-state index is 11.6. The summed E-state index contributed by atoms with van der Waals surface area (Å²) >= 11 is 5.84. The van der Waals surface area contributed by atoms with Crippen molar-refractivity contribution in [1.29, 1.82) is 0 Å². The summed E-state index contributed by atoms with van der Waals surface area (Å²) in [6, 6.07) is 7.64. The average molecular weight is 240 g/mol. The molecule has 0 aliphatic carbocycles. The second kappa shape index (κ2) is 4.85. The zero-order valence-electron chi connectivity index (χ0n) is 9.07. The molecule has 1 aromatic carbocycles. The minimum atomic E-state index is -0.148. The van der Waals surface area contributed by atoms with Gasteiger partial charge in [0.15, 0.2) is 0 Å². The predicted molar refractivity (Wildman–Crippen MR) is 62.6 cm³/mol. The van der Waals surface area contributed by atoms with Crippen LogP contribution in [-0.4, -0.2) is 26.2 Å². The molecule has 1 fully saturated rings. The van der Waals surface area contributed by atoms with Crippen LogP contribution in [0.1, 0.15) is 11.5 Å². The van der Waals surface area contributed by atoms with E-state index < -0.39 is 0 Å². The second-order valence-corrected chi connectivity index (χ2v) is 4.38.